The molecule has 0 radical (unpaired) electrons. The Hall–Kier alpha value is -3.11. The molecule has 4 nitrogen and oxygen atoms in total. The van der Waals surface area contributed by atoms with Gasteiger partial charge in [-0.15, -0.1) is 0 Å². The highest BCUT2D eigenvalue weighted by Crippen LogP contribution is 2.20. The van der Waals surface area contributed by atoms with Crippen molar-refractivity contribution in [1.29, 1.82) is 0 Å². The Labute approximate surface area is 156 Å². The first-order chi connectivity index (χ1) is 12.7. The van der Waals surface area contributed by atoms with Crippen molar-refractivity contribution in [2.75, 3.05) is 0 Å². The third-order valence-corrected chi connectivity index (χ3v) is 4.61. The summed E-state index contributed by atoms with van der Waals surface area (Å²) in [7, 11) is 0. The number of rotatable bonds is 4. The van der Waals surface area contributed by atoms with Crippen molar-refractivity contribution >= 4 is 28.5 Å². The predicted octanol–water partition coefficient (Wildman–Crippen LogP) is 4.61. The average molecular weight is 362 g/mol. The zero-order valence-corrected chi connectivity index (χ0v) is 14.6. The van der Waals surface area contributed by atoms with E-state index in [0.29, 0.717) is 17.1 Å². The highest BCUT2D eigenvalue weighted by molar-refractivity contribution is 6.31. The van der Waals surface area contributed by atoms with E-state index < -0.39 is 0 Å². The van der Waals surface area contributed by atoms with Gasteiger partial charge in [-0.2, -0.15) is 0 Å². The maximum absolute atomic E-state index is 12.5. The molecule has 26 heavy (non-hydrogen) atoms. The van der Waals surface area contributed by atoms with E-state index in [1.165, 1.54) is 0 Å². The molecule has 0 saturated carbocycles. The second kappa shape index (κ2) is 7.02. The lowest BCUT2D eigenvalue weighted by atomic mass is 10.1. The molecule has 128 valence electrons. The Balaban J connectivity index is 1.56. The zero-order chi connectivity index (χ0) is 17.9. The molecule has 4 aromatic rings. The van der Waals surface area contributed by atoms with Crippen LogP contribution >= 0.6 is 11.6 Å². The summed E-state index contributed by atoms with van der Waals surface area (Å²) >= 11 is 6.13. The summed E-state index contributed by atoms with van der Waals surface area (Å²) in [5.74, 6) is -0.152. The van der Waals surface area contributed by atoms with Crippen LogP contribution in [0.3, 0.4) is 0 Å². The number of amides is 1. The highest BCUT2D eigenvalue weighted by Gasteiger charge is 2.10. The molecule has 0 bridgehead atoms. The quantitative estimate of drug-likeness (QED) is 0.577. The Kier molecular flexibility index (Phi) is 4.42. The molecule has 0 aliphatic carbocycles. The van der Waals surface area contributed by atoms with Gasteiger partial charge < -0.3 is 5.32 Å². The number of nitrogens with one attached hydrogen (secondary N) is 1. The van der Waals surface area contributed by atoms with Gasteiger partial charge in [0.2, 0.25) is 0 Å². The van der Waals surface area contributed by atoms with Gasteiger partial charge in [-0.1, -0.05) is 48.0 Å². The molecule has 5 heteroatoms. The summed E-state index contributed by atoms with van der Waals surface area (Å²) in [6.45, 7) is 0.384. The van der Waals surface area contributed by atoms with Crippen molar-refractivity contribution in [2.45, 2.75) is 6.54 Å². The number of carbonyl (C=O) groups is 1. The number of nitrogens with zero attached hydrogens (tertiary/aromatic N) is 2. The fourth-order valence-corrected chi connectivity index (χ4v) is 3.07. The first kappa shape index (κ1) is 16.4. The normalized spacial score (nSPS) is 10.8. The van der Waals surface area contributed by atoms with E-state index in [-0.39, 0.29) is 5.91 Å². The Bertz CT molecular complexity index is 1070. The fourth-order valence-electron chi connectivity index (χ4n) is 2.87. The highest BCUT2D eigenvalue weighted by atomic mass is 35.5. The van der Waals surface area contributed by atoms with E-state index in [1.54, 1.807) is 12.4 Å². The number of aromatic nitrogens is 2. The molecule has 4 rings (SSSR count). The molecule has 0 atom stereocenters. The Morgan fingerprint density at radius 3 is 2.58 bits per heavy atom. The van der Waals surface area contributed by atoms with Crippen LogP contribution in [0, 0.1) is 0 Å². The summed E-state index contributed by atoms with van der Waals surface area (Å²) in [5, 5.41) is 3.54. The van der Waals surface area contributed by atoms with E-state index in [0.717, 1.165) is 22.3 Å². The third kappa shape index (κ3) is 3.19. The van der Waals surface area contributed by atoms with Crippen LogP contribution in [-0.4, -0.2) is 15.5 Å². The molecule has 1 heterocycles. The van der Waals surface area contributed by atoms with Crippen molar-refractivity contribution in [3.63, 3.8) is 0 Å². The number of benzene rings is 3. The molecule has 3 aromatic carbocycles. The second-order valence-electron chi connectivity index (χ2n) is 5.93. The Morgan fingerprint density at radius 1 is 1.00 bits per heavy atom. The number of imidazole rings is 1. The molecule has 0 fully saturated rings. The summed E-state index contributed by atoms with van der Waals surface area (Å²) in [6, 6.07) is 23.0. The van der Waals surface area contributed by atoms with Crippen LogP contribution < -0.4 is 5.32 Å². The second-order valence-corrected chi connectivity index (χ2v) is 6.33. The Morgan fingerprint density at radius 2 is 1.77 bits per heavy atom. The molecule has 0 aliphatic rings. The largest absolute Gasteiger partial charge is 0.348 e. The number of carbonyl (C=O) groups excluding carboxylic acids is 1. The van der Waals surface area contributed by atoms with Crippen LogP contribution in [0.2, 0.25) is 5.02 Å². The van der Waals surface area contributed by atoms with Crippen LogP contribution in [0.15, 0.2) is 79.1 Å². The lowest BCUT2D eigenvalue weighted by Gasteiger charge is -2.08. The lowest BCUT2D eigenvalue weighted by molar-refractivity contribution is 0.0951. The van der Waals surface area contributed by atoms with E-state index in [9.17, 15) is 4.79 Å². The fraction of sp³-hybridized carbons (Fsp3) is 0.0476. The molecule has 0 unspecified atom stereocenters. The summed E-state index contributed by atoms with van der Waals surface area (Å²) in [4.78, 5) is 16.9. The van der Waals surface area contributed by atoms with Gasteiger partial charge in [0.25, 0.3) is 5.91 Å². The smallest absolute Gasteiger partial charge is 0.251 e. The van der Waals surface area contributed by atoms with Crippen LogP contribution in [0.25, 0.3) is 16.7 Å². The van der Waals surface area contributed by atoms with Gasteiger partial charge >= 0.3 is 0 Å². The van der Waals surface area contributed by atoms with Crippen molar-refractivity contribution in [1.82, 2.24) is 14.9 Å². The predicted molar refractivity (Wildman–Crippen MR) is 104 cm³/mol. The summed E-state index contributed by atoms with van der Waals surface area (Å²) < 4.78 is 2.00. The van der Waals surface area contributed by atoms with Gasteiger partial charge in [0, 0.05) is 22.8 Å². The van der Waals surface area contributed by atoms with E-state index in [1.807, 2.05) is 71.3 Å². The number of hydrogen-bond acceptors (Lipinski definition) is 2. The van der Waals surface area contributed by atoms with E-state index in [4.69, 9.17) is 11.6 Å². The summed E-state index contributed by atoms with van der Waals surface area (Å²) in [5.41, 5.74) is 4.23. The van der Waals surface area contributed by atoms with Crippen LogP contribution in [-0.2, 0) is 6.54 Å². The van der Waals surface area contributed by atoms with Crippen LogP contribution in [0.1, 0.15) is 15.9 Å². The standard InChI is InChI=1S/C21H16ClN3O/c22-18-9-5-4-6-16(18)13-23-21(26)15-10-11-20-19(12-15)24-14-25(20)17-7-2-1-3-8-17/h1-12,14H,13H2,(H,23,26). The molecule has 1 aromatic heterocycles. The third-order valence-electron chi connectivity index (χ3n) is 4.24. The van der Waals surface area contributed by atoms with Crippen LogP contribution in [0.5, 0.6) is 0 Å². The molecule has 1 amide bonds. The monoisotopic (exact) mass is 361 g/mol. The number of para-hydroxylation sites is 1. The van der Waals surface area contributed by atoms with Crippen molar-refractivity contribution < 1.29 is 4.79 Å². The van der Waals surface area contributed by atoms with Gasteiger partial charge in [0.15, 0.2) is 0 Å². The van der Waals surface area contributed by atoms with Crippen molar-refractivity contribution in [3.05, 3.63) is 95.3 Å². The minimum Gasteiger partial charge on any atom is -0.348 e. The number of fused-ring (bicyclic) bond motifs is 1. The first-order valence-corrected chi connectivity index (χ1v) is 8.64. The van der Waals surface area contributed by atoms with Gasteiger partial charge in [-0.05, 0) is 42.0 Å². The molecular weight excluding hydrogens is 346 g/mol. The SMILES string of the molecule is O=C(NCc1ccccc1Cl)c1ccc2c(c1)ncn2-c1ccccc1. The molecular formula is C21H16ClN3O. The topological polar surface area (TPSA) is 46.9 Å². The van der Waals surface area contributed by atoms with Gasteiger partial charge in [-0.25, -0.2) is 4.98 Å². The summed E-state index contributed by atoms with van der Waals surface area (Å²) in [6.07, 6.45) is 1.77. The maximum Gasteiger partial charge on any atom is 0.251 e. The molecule has 0 saturated heterocycles. The van der Waals surface area contributed by atoms with Gasteiger partial charge in [0.1, 0.15) is 6.33 Å². The van der Waals surface area contributed by atoms with E-state index >= 15 is 0 Å². The zero-order valence-electron chi connectivity index (χ0n) is 13.9. The minimum atomic E-state index is -0.152. The molecule has 1 N–H and O–H groups in total. The van der Waals surface area contributed by atoms with Gasteiger partial charge in [-0.3, -0.25) is 9.36 Å². The molecule has 0 spiro atoms. The average Bonchev–Trinajstić information content (AvgIpc) is 3.11. The number of halogens is 1. The molecule has 0 aliphatic heterocycles. The first-order valence-electron chi connectivity index (χ1n) is 8.26. The van der Waals surface area contributed by atoms with Gasteiger partial charge in [0.05, 0.1) is 11.0 Å². The van der Waals surface area contributed by atoms with E-state index in [2.05, 4.69) is 10.3 Å². The maximum atomic E-state index is 12.5. The van der Waals surface area contributed by atoms with Crippen molar-refractivity contribution in [3.8, 4) is 5.69 Å². The van der Waals surface area contributed by atoms with Crippen LogP contribution in [0.4, 0.5) is 0 Å². The number of hydrogen-bond donors (Lipinski definition) is 1. The van der Waals surface area contributed by atoms with Crippen molar-refractivity contribution in [2.24, 2.45) is 0 Å². The minimum absolute atomic E-state index is 0.152. The lowest BCUT2D eigenvalue weighted by Crippen LogP contribution is -2.22.